The number of ketones is 1. The normalized spacial score (nSPS) is 20.9. The highest BCUT2D eigenvalue weighted by molar-refractivity contribution is 8.01. The van der Waals surface area contributed by atoms with Gasteiger partial charge in [0.15, 0.2) is 16.3 Å². The minimum atomic E-state index is -1.19. The quantitative estimate of drug-likeness (QED) is 0.431. The van der Waals surface area contributed by atoms with Crippen LogP contribution in [-0.2, 0) is 16.2 Å². The summed E-state index contributed by atoms with van der Waals surface area (Å²) >= 11 is 1.33. The van der Waals surface area contributed by atoms with Crippen molar-refractivity contribution < 1.29 is 18.7 Å². The van der Waals surface area contributed by atoms with Crippen LogP contribution in [0.4, 0.5) is 15.8 Å². The summed E-state index contributed by atoms with van der Waals surface area (Å²) in [6.45, 7) is 7.54. The maximum Gasteiger partial charge on any atom is 0.262 e. The molecule has 1 spiro atoms. The van der Waals surface area contributed by atoms with Crippen LogP contribution in [0.3, 0.4) is 0 Å². The number of ether oxygens (including phenoxy) is 1. The second kappa shape index (κ2) is 8.60. The molecule has 8 heteroatoms. The van der Waals surface area contributed by atoms with Crippen LogP contribution in [0.15, 0.2) is 66.7 Å². The highest BCUT2D eigenvalue weighted by atomic mass is 32.2. The van der Waals surface area contributed by atoms with E-state index >= 15 is 0 Å². The number of Topliss-reactive ketones (excluding diaryl/α,β-unsaturated/α-hetero) is 1. The number of hydrogen-bond donors (Lipinski definition) is 1. The summed E-state index contributed by atoms with van der Waals surface area (Å²) in [5.41, 5.74) is 2.73. The fourth-order valence-electron chi connectivity index (χ4n) is 4.44. The van der Waals surface area contributed by atoms with Gasteiger partial charge in [0.25, 0.3) is 5.91 Å². The molecule has 6 nitrogen and oxygen atoms in total. The maximum atomic E-state index is 14.3. The third-order valence-corrected chi connectivity index (χ3v) is 7.55. The van der Waals surface area contributed by atoms with E-state index < -0.39 is 16.7 Å². The largest absolute Gasteiger partial charge is 0.497 e. The van der Waals surface area contributed by atoms with Crippen molar-refractivity contribution in [3.63, 3.8) is 0 Å². The number of carbonyl (C=O) groups excluding carboxylic acids is 2. The Morgan fingerprint density at radius 1 is 1.24 bits per heavy atom. The van der Waals surface area contributed by atoms with Crippen molar-refractivity contribution in [1.82, 2.24) is 5.32 Å². The Labute approximate surface area is 200 Å². The van der Waals surface area contributed by atoms with Gasteiger partial charge in [0.05, 0.1) is 31.0 Å². The summed E-state index contributed by atoms with van der Waals surface area (Å²) in [6.07, 6.45) is 0. The first-order valence-electron chi connectivity index (χ1n) is 10.6. The smallest absolute Gasteiger partial charge is 0.262 e. The Morgan fingerprint density at radius 2 is 2.06 bits per heavy atom. The summed E-state index contributed by atoms with van der Waals surface area (Å²) in [7, 11) is 1.55. The van der Waals surface area contributed by atoms with Crippen molar-refractivity contribution in [1.29, 1.82) is 0 Å². The lowest BCUT2D eigenvalue weighted by Crippen LogP contribution is -2.49. The molecule has 5 rings (SSSR count). The van der Waals surface area contributed by atoms with E-state index in [1.165, 1.54) is 30.0 Å². The molecule has 0 bridgehead atoms. The lowest BCUT2D eigenvalue weighted by atomic mass is 10.0. The molecule has 2 heterocycles. The van der Waals surface area contributed by atoms with Crippen molar-refractivity contribution in [2.75, 3.05) is 17.8 Å². The highest BCUT2D eigenvalue weighted by Crippen LogP contribution is 2.52. The fourth-order valence-corrected chi connectivity index (χ4v) is 5.87. The molecular formula is C26H20FN3O3S. The van der Waals surface area contributed by atoms with E-state index in [4.69, 9.17) is 11.3 Å². The molecule has 0 aromatic heterocycles. The number of carbonyl (C=O) groups is 2. The SMILES string of the molecule is [C-]#[N+]c1cccc(CN2C(=O)C3(NC(C(=O)c4ccccc4F)CS3)c3cc(OC)ccc32)c1. The van der Waals surface area contributed by atoms with Gasteiger partial charge < -0.3 is 9.64 Å². The Morgan fingerprint density at radius 3 is 2.82 bits per heavy atom. The molecule has 1 fully saturated rings. The van der Waals surface area contributed by atoms with Crippen LogP contribution in [-0.4, -0.2) is 30.6 Å². The fraction of sp³-hybridized carbons (Fsp3) is 0.192. The Kier molecular flexibility index (Phi) is 5.60. The lowest BCUT2D eigenvalue weighted by Gasteiger charge is -2.24. The molecule has 34 heavy (non-hydrogen) atoms. The number of fused-ring (bicyclic) bond motifs is 2. The second-order valence-electron chi connectivity index (χ2n) is 8.09. The molecule has 1 N–H and O–H groups in total. The van der Waals surface area contributed by atoms with Crippen molar-refractivity contribution in [3.05, 3.63) is 101 Å². The minimum Gasteiger partial charge on any atom is -0.497 e. The van der Waals surface area contributed by atoms with E-state index in [0.717, 1.165) is 5.56 Å². The lowest BCUT2D eigenvalue weighted by molar-refractivity contribution is -0.121. The molecule has 0 aliphatic carbocycles. The standard InChI is InChI=1S/C26H20FN3O3S/c1-28-17-7-5-6-16(12-17)14-30-23-11-10-18(33-2)13-20(23)26(25(30)32)29-22(15-34-26)24(31)19-8-3-4-9-21(19)27/h3-13,22,29H,14-15H2,2H3. The van der Waals surface area contributed by atoms with Gasteiger partial charge in [0.1, 0.15) is 11.6 Å². The van der Waals surface area contributed by atoms with Gasteiger partial charge >= 0.3 is 0 Å². The Hall–Kier alpha value is -3.67. The maximum absolute atomic E-state index is 14.3. The van der Waals surface area contributed by atoms with Gasteiger partial charge in [-0.1, -0.05) is 36.4 Å². The molecule has 0 radical (unpaired) electrons. The second-order valence-corrected chi connectivity index (χ2v) is 9.32. The number of nitrogens with one attached hydrogen (secondary N) is 1. The first kappa shape index (κ1) is 22.1. The van der Waals surface area contributed by atoms with Crippen molar-refractivity contribution in [2.24, 2.45) is 0 Å². The van der Waals surface area contributed by atoms with E-state index in [2.05, 4.69) is 10.2 Å². The van der Waals surface area contributed by atoms with E-state index in [-0.39, 0.29) is 23.8 Å². The van der Waals surface area contributed by atoms with E-state index in [1.807, 2.05) is 12.1 Å². The summed E-state index contributed by atoms with van der Waals surface area (Å²) in [6, 6.07) is 17.7. The first-order valence-corrected chi connectivity index (χ1v) is 11.6. The van der Waals surface area contributed by atoms with Gasteiger partial charge in [-0.05, 0) is 35.9 Å². The third kappa shape index (κ3) is 3.54. The molecule has 2 unspecified atom stereocenters. The highest BCUT2D eigenvalue weighted by Gasteiger charge is 2.57. The summed E-state index contributed by atoms with van der Waals surface area (Å²) in [5.74, 6) is -0.271. The molecule has 3 aromatic rings. The molecule has 1 amide bonds. The number of thioether (sulfide) groups is 1. The number of anilines is 1. The Bertz CT molecular complexity index is 1360. The predicted molar refractivity (Wildman–Crippen MR) is 129 cm³/mol. The Balaban J connectivity index is 1.52. The average Bonchev–Trinajstić information content (AvgIpc) is 3.41. The van der Waals surface area contributed by atoms with Gasteiger partial charge in [-0.2, -0.15) is 0 Å². The first-order chi connectivity index (χ1) is 16.5. The average molecular weight is 474 g/mol. The van der Waals surface area contributed by atoms with Gasteiger partial charge in [0.2, 0.25) is 0 Å². The molecule has 2 atom stereocenters. The van der Waals surface area contributed by atoms with Gasteiger partial charge in [0, 0.05) is 17.9 Å². The zero-order chi connectivity index (χ0) is 23.9. The predicted octanol–water partition coefficient (Wildman–Crippen LogP) is 4.67. The number of halogens is 1. The molecule has 3 aromatic carbocycles. The zero-order valence-corrected chi connectivity index (χ0v) is 19.1. The van der Waals surface area contributed by atoms with Crippen LogP contribution >= 0.6 is 11.8 Å². The summed E-state index contributed by atoms with van der Waals surface area (Å²) in [4.78, 5) is 30.9. The van der Waals surface area contributed by atoms with Crippen LogP contribution in [0.1, 0.15) is 21.5 Å². The van der Waals surface area contributed by atoms with E-state index in [9.17, 15) is 14.0 Å². The minimum absolute atomic E-state index is 0.00165. The van der Waals surface area contributed by atoms with Crippen LogP contribution < -0.4 is 15.0 Å². The van der Waals surface area contributed by atoms with Crippen LogP contribution in [0.5, 0.6) is 5.75 Å². The number of methoxy groups -OCH3 is 1. The van der Waals surface area contributed by atoms with Crippen molar-refractivity contribution in [2.45, 2.75) is 17.5 Å². The van der Waals surface area contributed by atoms with E-state index in [0.29, 0.717) is 28.4 Å². The summed E-state index contributed by atoms with van der Waals surface area (Å²) < 4.78 is 19.7. The van der Waals surface area contributed by atoms with Crippen LogP contribution in [0, 0.1) is 12.4 Å². The number of rotatable bonds is 5. The van der Waals surface area contributed by atoms with Gasteiger partial charge in [-0.15, -0.1) is 11.8 Å². The molecular weight excluding hydrogens is 453 g/mol. The molecule has 0 saturated carbocycles. The monoisotopic (exact) mass is 473 g/mol. The van der Waals surface area contributed by atoms with Crippen molar-refractivity contribution in [3.8, 4) is 5.75 Å². The van der Waals surface area contributed by atoms with E-state index in [1.54, 1.807) is 48.4 Å². The topological polar surface area (TPSA) is 63.0 Å². The zero-order valence-electron chi connectivity index (χ0n) is 18.2. The molecule has 170 valence electrons. The molecule has 1 saturated heterocycles. The van der Waals surface area contributed by atoms with Crippen LogP contribution in [0.25, 0.3) is 4.85 Å². The number of hydrogen-bond acceptors (Lipinski definition) is 5. The number of nitrogens with zero attached hydrogens (tertiary/aromatic N) is 2. The number of benzene rings is 3. The third-order valence-electron chi connectivity index (χ3n) is 6.10. The summed E-state index contributed by atoms with van der Waals surface area (Å²) in [5, 5.41) is 3.24. The van der Waals surface area contributed by atoms with Gasteiger partial charge in [-0.3, -0.25) is 14.9 Å². The molecule has 2 aliphatic heterocycles. The van der Waals surface area contributed by atoms with Crippen molar-refractivity contribution >= 4 is 34.8 Å². The van der Waals surface area contributed by atoms with Crippen LogP contribution in [0.2, 0.25) is 0 Å². The van der Waals surface area contributed by atoms with Gasteiger partial charge in [-0.25, -0.2) is 9.24 Å². The molecule has 2 aliphatic rings. The number of amides is 1.